The molecule has 148 valence electrons. The molecule has 0 aliphatic heterocycles. The van der Waals surface area contributed by atoms with Crippen LogP contribution in [0.3, 0.4) is 0 Å². The standard InChI is InChI=1S/C22H28N4OS/c1-6-20(25(3)4)21-23-24-22(28-15-17-10-8-7-9-16(17)2)26(21)18-11-13-19(27-5)14-12-18/h7-14,20H,6,15H2,1-5H3. The van der Waals surface area contributed by atoms with Gasteiger partial charge in [-0.1, -0.05) is 43.0 Å². The number of methoxy groups -OCH3 is 1. The van der Waals surface area contributed by atoms with Crippen LogP contribution in [-0.2, 0) is 5.75 Å². The fourth-order valence-electron chi connectivity index (χ4n) is 3.26. The second-order valence-corrected chi connectivity index (χ2v) is 7.92. The number of benzene rings is 2. The number of hydrogen-bond donors (Lipinski definition) is 0. The van der Waals surface area contributed by atoms with Crippen LogP contribution in [-0.4, -0.2) is 40.9 Å². The van der Waals surface area contributed by atoms with Crippen LogP contribution in [0.2, 0.25) is 0 Å². The van der Waals surface area contributed by atoms with Crippen LogP contribution in [0, 0.1) is 6.92 Å². The quantitative estimate of drug-likeness (QED) is 0.507. The van der Waals surface area contributed by atoms with Crippen LogP contribution >= 0.6 is 11.8 Å². The van der Waals surface area contributed by atoms with Gasteiger partial charge in [0.1, 0.15) is 5.75 Å². The lowest BCUT2D eigenvalue weighted by atomic mass is 10.1. The molecule has 0 aliphatic carbocycles. The van der Waals surface area contributed by atoms with E-state index in [0.29, 0.717) is 0 Å². The smallest absolute Gasteiger partial charge is 0.196 e. The zero-order chi connectivity index (χ0) is 20.1. The van der Waals surface area contributed by atoms with Crippen LogP contribution in [0.25, 0.3) is 5.69 Å². The number of nitrogens with zero attached hydrogens (tertiary/aromatic N) is 4. The highest BCUT2D eigenvalue weighted by Gasteiger charge is 2.23. The van der Waals surface area contributed by atoms with E-state index in [2.05, 4.69) is 84.0 Å². The topological polar surface area (TPSA) is 43.2 Å². The summed E-state index contributed by atoms with van der Waals surface area (Å²) >= 11 is 1.72. The molecule has 2 aromatic carbocycles. The highest BCUT2D eigenvalue weighted by atomic mass is 32.2. The summed E-state index contributed by atoms with van der Waals surface area (Å²) in [4.78, 5) is 2.19. The molecular weight excluding hydrogens is 368 g/mol. The number of aromatic nitrogens is 3. The second kappa shape index (κ2) is 9.26. The van der Waals surface area contributed by atoms with E-state index in [4.69, 9.17) is 4.74 Å². The Labute approximate surface area is 171 Å². The molecule has 0 bridgehead atoms. The molecule has 0 saturated heterocycles. The summed E-state index contributed by atoms with van der Waals surface area (Å²) in [6.45, 7) is 4.33. The zero-order valence-corrected chi connectivity index (χ0v) is 18.0. The van der Waals surface area contributed by atoms with E-state index in [1.807, 2.05) is 12.1 Å². The molecule has 0 N–H and O–H groups in total. The van der Waals surface area contributed by atoms with E-state index >= 15 is 0 Å². The molecule has 0 amide bonds. The maximum atomic E-state index is 5.32. The van der Waals surface area contributed by atoms with Crippen molar-refractivity contribution in [1.82, 2.24) is 19.7 Å². The third-order valence-electron chi connectivity index (χ3n) is 4.92. The van der Waals surface area contributed by atoms with E-state index in [-0.39, 0.29) is 6.04 Å². The van der Waals surface area contributed by atoms with Crippen molar-refractivity contribution >= 4 is 11.8 Å². The summed E-state index contributed by atoms with van der Waals surface area (Å²) in [5.41, 5.74) is 3.66. The summed E-state index contributed by atoms with van der Waals surface area (Å²) in [6, 6.07) is 16.8. The van der Waals surface area contributed by atoms with Gasteiger partial charge in [0, 0.05) is 11.4 Å². The maximum Gasteiger partial charge on any atom is 0.196 e. The van der Waals surface area contributed by atoms with Crippen molar-refractivity contribution in [2.45, 2.75) is 37.2 Å². The highest BCUT2D eigenvalue weighted by Crippen LogP contribution is 2.31. The van der Waals surface area contributed by atoms with Crippen LogP contribution in [0.5, 0.6) is 5.75 Å². The molecule has 28 heavy (non-hydrogen) atoms. The fraction of sp³-hybridized carbons (Fsp3) is 0.364. The summed E-state index contributed by atoms with van der Waals surface area (Å²) in [5.74, 6) is 2.66. The van der Waals surface area contributed by atoms with Crippen molar-refractivity contribution < 1.29 is 4.74 Å². The molecule has 1 atom stereocenters. The Kier molecular flexibility index (Phi) is 6.75. The Morgan fingerprint density at radius 1 is 1.07 bits per heavy atom. The minimum atomic E-state index is 0.197. The Hall–Kier alpha value is -2.31. The number of ether oxygens (including phenoxy) is 1. The summed E-state index contributed by atoms with van der Waals surface area (Å²) < 4.78 is 7.50. The van der Waals surface area contributed by atoms with Crippen molar-refractivity contribution in [1.29, 1.82) is 0 Å². The molecule has 1 heterocycles. The minimum absolute atomic E-state index is 0.197. The molecule has 0 radical (unpaired) electrons. The Balaban J connectivity index is 1.99. The normalized spacial score (nSPS) is 12.4. The van der Waals surface area contributed by atoms with Crippen molar-refractivity contribution in [2.24, 2.45) is 0 Å². The van der Waals surface area contributed by atoms with Crippen molar-refractivity contribution in [3.8, 4) is 11.4 Å². The van der Waals surface area contributed by atoms with Gasteiger partial charge in [-0.2, -0.15) is 0 Å². The number of aryl methyl sites for hydroxylation is 1. The molecule has 6 heteroatoms. The highest BCUT2D eigenvalue weighted by molar-refractivity contribution is 7.98. The molecule has 5 nitrogen and oxygen atoms in total. The van der Waals surface area contributed by atoms with Gasteiger partial charge in [0.05, 0.1) is 13.2 Å². The lowest BCUT2D eigenvalue weighted by Crippen LogP contribution is -2.22. The van der Waals surface area contributed by atoms with Crippen LogP contribution in [0.15, 0.2) is 53.7 Å². The monoisotopic (exact) mass is 396 g/mol. The molecule has 0 fully saturated rings. The van der Waals surface area contributed by atoms with Gasteiger partial charge in [0.2, 0.25) is 0 Å². The van der Waals surface area contributed by atoms with E-state index in [9.17, 15) is 0 Å². The molecule has 0 spiro atoms. The first-order chi connectivity index (χ1) is 13.5. The molecular formula is C22H28N4OS. The second-order valence-electron chi connectivity index (χ2n) is 6.98. The van der Waals surface area contributed by atoms with E-state index in [0.717, 1.165) is 34.6 Å². The van der Waals surface area contributed by atoms with Crippen molar-refractivity contribution in [3.63, 3.8) is 0 Å². The number of hydrogen-bond acceptors (Lipinski definition) is 5. The minimum Gasteiger partial charge on any atom is -0.497 e. The van der Waals surface area contributed by atoms with Crippen LogP contribution < -0.4 is 4.74 Å². The van der Waals surface area contributed by atoms with Gasteiger partial charge < -0.3 is 4.74 Å². The van der Waals surface area contributed by atoms with Gasteiger partial charge in [0.15, 0.2) is 11.0 Å². The predicted octanol–water partition coefficient (Wildman–Crippen LogP) is 4.89. The summed E-state index contributed by atoms with van der Waals surface area (Å²) in [6.07, 6.45) is 0.962. The van der Waals surface area contributed by atoms with Crippen LogP contribution in [0.1, 0.15) is 36.3 Å². The first-order valence-electron chi connectivity index (χ1n) is 9.48. The lowest BCUT2D eigenvalue weighted by Gasteiger charge is -2.23. The summed E-state index contributed by atoms with van der Waals surface area (Å²) in [7, 11) is 5.85. The fourth-order valence-corrected chi connectivity index (χ4v) is 4.29. The lowest BCUT2D eigenvalue weighted by molar-refractivity contribution is 0.276. The maximum absolute atomic E-state index is 5.32. The molecule has 3 rings (SSSR count). The van der Waals surface area contributed by atoms with Crippen molar-refractivity contribution in [2.75, 3.05) is 21.2 Å². The number of rotatable bonds is 8. The first-order valence-corrected chi connectivity index (χ1v) is 10.5. The Morgan fingerprint density at radius 3 is 2.39 bits per heavy atom. The zero-order valence-electron chi connectivity index (χ0n) is 17.2. The SMILES string of the molecule is CCC(c1nnc(SCc2ccccc2C)n1-c1ccc(OC)cc1)N(C)C. The third kappa shape index (κ3) is 4.39. The van der Waals surface area contributed by atoms with E-state index in [1.165, 1.54) is 11.1 Å². The Morgan fingerprint density at radius 2 is 1.79 bits per heavy atom. The predicted molar refractivity (Wildman–Crippen MR) is 115 cm³/mol. The van der Waals surface area contributed by atoms with Gasteiger partial charge in [-0.15, -0.1) is 10.2 Å². The molecule has 3 aromatic rings. The van der Waals surface area contributed by atoms with E-state index < -0.39 is 0 Å². The average molecular weight is 397 g/mol. The van der Waals surface area contributed by atoms with Crippen LogP contribution in [0.4, 0.5) is 0 Å². The van der Waals surface area contributed by atoms with Crippen molar-refractivity contribution in [3.05, 3.63) is 65.5 Å². The first kappa shape index (κ1) is 20.4. The largest absolute Gasteiger partial charge is 0.497 e. The molecule has 0 saturated carbocycles. The van der Waals surface area contributed by atoms with Gasteiger partial charge in [-0.25, -0.2) is 0 Å². The summed E-state index contributed by atoms with van der Waals surface area (Å²) in [5, 5.41) is 10.0. The van der Waals surface area contributed by atoms with E-state index in [1.54, 1.807) is 18.9 Å². The molecule has 1 aromatic heterocycles. The molecule has 0 aliphatic rings. The third-order valence-corrected chi connectivity index (χ3v) is 5.89. The number of thioether (sulfide) groups is 1. The van der Waals surface area contributed by atoms with Gasteiger partial charge >= 0.3 is 0 Å². The van der Waals surface area contributed by atoms with Gasteiger partial charge in [-0.05, 0) is 62.8 Å². The van der Waals surface area contributed by atoms with Gasteiger partial charge in [-0.3, -0.25) is 9.47 Å². The average Bonchev–Trinajstić information content (AvgIpc) is 3.11. The molecule has 1 unspecified atom stereocenters. The van der Waals surface area contributed by atoms with Gasteiger partial charge in [0.25, 0.3) is 0 Å². The Bertz CT molecular complexity index is 905.